The Balaban J connectivity index is 0.00000192. The van der Waals surface area contributed by atoms with Gasteiger partial charge in [0.05, 0.1) is 0 Å². The van der Waals surface area contributed by atoms with Gasteiger partial charge in [-0.3, -0.25) is 4.90 Å². The number of rotatable bonds is 5. The number of aryl methyl sites for hydroxylation is 1. The van der Waals surface area contributed by atoms with Gasteiger partial charge in [-0.25, -0.2) is 0 Å². The van der Waals surface area contributed by atoms with E-state index in [2.05, 4.69) is 29.2 Å². The summed E-state index contributed by atoms with van der Waals surface area (Å²) in [6.45, 7) is 4.94. The van der Waals surface area contributed by atoms with Crippen molar-refractivity contribution in [3.8, 4) is 5.75 Å². The van der Waals surface area contributed by atoms with Crippen molar-refractivity contribution in [1.82, 2.24) is 4.90 Å². The highest BCUT2D eigenvalue weighted by Gasteiger charge is 2.18. The third-order valence-corrected chi connectivity index (χ3v) is 4.11. The van der Waals surface area contributed by atoms with Crippen LogP contribution in [-0.4, -0.2) is 35.8 Å². The van der Waals surface area contributed by atoms with Crippen molar-refractivity contribution in [2.75, 3.05) is 19.7 Å². The Labute approximate surface area is 144 Å². The number of aliphatic hydroxyl groups is 1. The molecule has 23 heavy (non-hydrogen) atoms. The Hall–Kier alpha value is -1.55. The fourth-order valence-corrected chi connectivity index (χ4v) is 2.96. The molecule has 0 spiro atoms. The van der Waals surface area contributed by atoms with Crippen molar-refractivity contribution in [2.45, 2.75) is 26.0 Å². The van der Waals surface area contributed by atoms with Crippen molar-refractivity contribution in [3.63, 3.8) is 0 Å². The minimum Gasteiger partial charge on any atom is -0.491 e. The number of benzene rings is 2. The molecule has 1 atom stereocenters. The molecule has 1 aliphatic heterocycles. The molecule has 1 heterocycles. The smallest absolute Gasteiger partial charge is 0.119 e. The summed E-state index contributed by atoms with van der Waals surface area (Å²) in [5.74, 6) is 0.822. The normalized spacial score (nSPS) is 15.4. The zero-order valence-corrected chi connectivity index (χ0v) is 14.3. The van der Waals surface area contributed by atoms with Gasteiger partial charge in [-0.2, -0.15) is 0 Å². The average molecular weight is 334 g/mol. The van der Waals surface area contributed by atoms with Crippen molar-refractivity contribution >= 4 is 12.4 Å². The number of hydrogen-bond acceptors (Lipinski definition) is 3. The van der Waals surface area contributed by atoms with Gasteiger partial charge in [0.25, 0.3) is 0 Å². The molecular weight excluding hydrogens is 310 g/mol. The first-order valence-corrected chi connectivity index (χ1v) is 7.87. The van der Waals surface area contributed by atoms with Crippen molar-refractivity contribution in [2.24, 2.45) is 0 Å². The molecule has 1 aliphatic rings. The Morgan fingerprint density at radius 1 is 1.13 bits per heavy atom. The number of fused-ring (bicyclic) bond motifs is 1. The predicted molar refractivity (Wildman–Crippen MR) is 95.4 cm³/mol. The molecule has 0 aliphatic carbocycles. The van der Waals surface area contributed by atoms with Gasteiger partial charge < -0.3 is 9.84 Å². The van der Waals surface area contributed by atoms with E-state index in [0.29, 0.717) is 13.2 Å². The molecule has 124 valence electrons. The van der Waals surface area contributed by atoms with E-state index in [0.717, 1.165) is 25.3 Å². The average Bonchev–Trinajstić information content (AvgIpc) is 2.53. The summed E-state index contributed by atoms with van der Waals surface area (Å²) in [5, 5.41) is 10.2. The number of β-amino-alcohol motifs (C(OH)–C–C–N with tert-alkyl or cyclic N) is 1. The van der Waals surface area contributed by atoms with Crippen LogP contribution in [0, 0.1) is 6.92 Å². The molecule has 4 heteroatoms. The summed E-state index contributed by atoms with van der Waals surface area (Å²) >= 11 is 0. The molecule has 0 bridgehead atoms. The summed E-state index contributed by atoms with van der Waals surface area (Å²) in [4.78, 5) is 2.30. The zero-order chi connectivity index (χ0) is 15.4. The molecule has 1 unspecified atom stereocenters. The first-order valence-electron chi connectivity index (χ1n) is 7.87. The second-order valence-corrected chi connectivity index (χ2v) is 6.04. The highest BCUT2D eigenvalue weighted by atomic mass is 35.5. The molecule has 0 aromatic heterocycles. The molecule has 0 radical (unpaired) electrons. The lowest BCUT2D eigenvalue weighted by Crippen LogP contribution is -2.38. The highest BCUT2D eigenvalue weighted by Crippen LogP contribution is 2.19. The van der Waals surface area contributed by atoms with Gasteiger partial charge in [0.1, 0.15) is 18.5 Å². The number of hydrogen-bond donors (Lipinski definition) is 1. The molecule has 0 fully saturated rings. The maximum atomic E-state index is 10.2. The van der Waals surface area contributed by atoms with Crippen molar-refractivity contribution < 1.29 is 9.84 Å². The molecule has 0 saturated carbocycles. The fourth-order valence-electron chi connectivity index (χ4n) is 2.96. The van der Waals surface area contributed by atoms with E-state index in [1.165, 1.54) is 16.7 Å². The van der Waals surface area contributed by atoms with Gasteiger partial charge >= 0.3 is 0 Å². The van der Waals surface area contributed by atoms with Crippen LogP contribution < -0.4 is 4.74 Å². The summed E-state index contributed by atoms with van der Waals surface area (Å²) in [5.41, 5.74) is 3.98. The Bertz CT molecular complexity index is 632. The predicted octanol–water partition coefficient (Wildman–Crippen LogP) is 3.21. The molecule has 2 aromatic carbocycles. The quantitative estimate of drug-likeness (QED) is 0.912. The van der Waals surface area contributed by atoms with Crippen LogP contribution in [0.15, 0.2) is 48.5 Å². The Morgan fingerprint density at radius 3 is 2.70 bits per heavy atom. The second kappa shape index (κ2) is 8.34. The van der Waals surface area contributed by atoms with Gasteiger partial charge in [-0.1, -0.05) is 36.4 Å². The molecule has 1 N–H and O–H groups in total. The van der Waals surface area contributed by atoms with Gasteiger partial charge in [0.15, 0.2) is 0 Å². The minimum atomic E-state index is -0.467. The number of nitrogens with zero attached hydrogens (tertiary/aromatic N) is 1. The highest BCUT2D eigenvalue weighted by molar-refractivity contribution is 5.85. The van der Waals surface area contributed by atoms with Crippen LogP contribution >= 0.6 is 12.4 Å². The monoisotopic (exact) mass is 333 g/mol. The van der Waals surface area contributed by atoms with Crippen molar-refractivity contribution in [1.29, 1.82) is 0 Å². The lowest BCUT2D eigenvalue weighted by atomic mass is 10.00. The van der Waals surface area contributed by atoms with Gasteiger partial charge in [0, 0.05) is 19.6 Å². The molecule has 3 rings (SSSR count). The van der Waals surface area contributed by atoms with E-state index in [1.54, 1.807) is 0 Å². The third kappa shape index (κ3) is 4.96. The molecule has 2 aromatic rings. The van der Waals surface area contributed by atoms with Crippen LogP contribution in [0.3, 0.4) is 0 Å². The summed E-state index contributed by atoms with van der Waals surface area (Å²) in [7, 11) is 0. The summed E-state index contributed by atoms with van der Waals surface area (Å²) < 4.78 is 5.68. The van der Waals surface area contributed by atoms with Gasteiger partial charge in [-0.15, -0.1) is 12.4 Å². The maximum Gasteiger partial charge on any atom is 0.119 e. The van der Waals surface area contributed by atoms with E-state index < -0.39 is 6.10 Å². The number of ether oxygens (including phenoxy) is 1. The summed E-state index contributed by atoms with van der Waals surface area (Å²) in [6.07, 6.45) is 0.590. The largest absolute Gasteiger partial charge is 0.491 e. The lowest BCUT2D eigenvalue weighted by Gasteiger charge is -2.30. The fraction of sp³-hybridized carbons (Fsp3) is 0.368. The first-order chi connectivity index (χ1) is 10.7. The Kier molecular flexibility index (Phi) is 6.46. The van der Waals surface area contributed by atoms with Crippen LogP contribution in [0.2, 0.25) is 0 Å². The van der Waals surface area contributed by atoms with E-state index in [-0.39, 0.29) is 12.4 Å². The topological polar surface area (TPSA) is 32.7 Å². The standard InChI is InChI=1S/C19H23NO2.ClH/c1-15-5-4-8-19(11-15)22-14-18(21)13-20-10-9-16-6-2-3-7-17(16)12-20;/h2-8,11,18,21H,9-10,12-14H2,1H3;1H. The van der Waals surface area contributed by atoms with E-state index >= 15 is 0 Å². The Morgan fingerprint density at radius 2 is 1.91 bits per heavy atom. The van der Waals surface area contributed by atoms with Gasteiger partial charge in [0.2, 0.25) is 0 Å². The van der Waals surface area contributed by atoms with Gasteiger partial charge in [-0.05, 0) is 42.2 Å². The van der Waals surface area contributed by atoms with E-state index in [4.69, 9.17) is 4.74 Å². The van der Waals surface area contributed by atoms with Crippen LogP contribution in [0.5, 0.6) is 5.75 Å². The second-order valence-electron chi connectivity index (χ2n) is 6.04. The molecule has 3 nitrogen and oxygen atoms in total. The number of aliphatic hydroxyl groups excluding tert-OH is 1. The molecule has 0 amide bonds. The number of halogens is 1. The van der Waals surface area contributed by atoms with Crippen molar-refractivity contribution in [3.05, 3.63) is 65.2 Å². The van der Waals surface area contributed by atoms with Crippen LogP contribution in [0.25, 0.3) is 0 Å². The third-order valence-electron chi connectivity index (χ3n) is 4.11. The molecule has 0 saturated heterocycles. The van der Waals surface area contributed by atoms with E-state index in [9.17, 15) is 5.11 Å². The van der Waals surface area contributed by atoms with E-state index in [1.807, 2.05) is 31.2 Å². The maximum absolute atomic E-state index is 10.2. The van der Waals surface area contributed by atoms with Crippen LogP contribution in [0.4, 0.5) is 0 Å². The van der Waals surface area contributed by atoms with Crippen LogP contribution in [-0.2, 0) is 13.0 Å². The SMILES string of the molecule is Cc1cccc(OCC(O)CN2CCc3ccccc3C2)c1.Cl. The summed E-state index contributed by atoms with van der Waals surface area (Å²) in [6, 6.07) is 16.5. The first kappa shape index (κ1) is 17.8. The molecular formula is C19H24ClNO2. The minimum absolute atomic E-state index is 0. The zero-order valence-electron chi connectivity index (χ0n) is 13.4. The van der Waals surface area contributed by atoms with Crippen LogP contribution in [0.1, 0.15) is 16.7 Å². The lowest BCUT2D eigenvalue weighted by molar-refractivity contribution is 0.0637.